The largest absolute Gasteiger partial charge is 0.497 e. The molecule has 4 heterocycles. The lowest BCUT2D eigenvalue weighted by Crippen LogP contribution is -2.17. The summed E-state index contributed by atoms with van der Waals surface area (Å²) in [6, 6.07) is 19.6. The lowest BCUT2D eigenvalue weighted by molar-refractivity contribution is -0.118. The quantitative estimate of drug-likeness (QED) is 0.263. The number of nitrogens with one attached hydrogen (secondary N) is 3. The van der Waals surface area contributed by atoms with Gasteiger partial charge in [0.25, 0.3) is 0 Å². The molecule has 0 unspecified atom stereocenters. The number of H-pyrrole nitrogens is 2. The van der Waals surface area contributed by atoms with Gasteiger partial charge < -0.3 is 15.0 Å². The number of hydrogen-bond donors (Lipinski definition) is 3. The second-order valence-corrected chi connectivity index (χ2v) is 9.29. The summed E-state index contributed by atoms with van der Waals surface area (Å²) in [4.78, 5) is 29.7. The highest BCUT2D eigenvalue weighted by Crippen LogP contribution is 2.33. The Hall–Kier alpha value is -5.05. The van der Waals surface area contributed by atoms with E-state index >= 15 is 0 Å². The van der Waals surface area contributed by atoms with Crippen LogP contribution in [0.1, 0.15) is 13.8 Å². The fourth-order valence-electron chi connectivity index (χ4n) is 4.33. The summed E-state index contributed by atoms with van der Waals surface area (Å²) in [5, 5.41) is 10.5. The van der Waals surface area contributed by atoms with E-state index in [1.807, 2.05) is 74.5 Å². The van der Waals surface area contributed by atoms with Crippen molar-refractivity contribution in [2.75, 3.05) is 12.4 Å². The summed E-state index contributed by atoms with van der Waals surface area (Å²) in [6.45, 7) is 3.69. The van der Waals surface area contributed by atoms with Crippen LogP contribution in [0.15, 0.2) is 73.1 Å². The molecule has 0 spiro atoms. The van der Waals surface area contributed by atoms with Crippen molar-refractivity contribution in [3.8, 4) is 39.7 Å². The summed E-state index contributed by atoms with van der Waals surface area (Å²) < 4.78 is 5.41. The van der Waals surface area contributed by atoms with Gasteiger partial charge in [-0.3, -0.25) is 14.9 Å². The fourth-order valence-corrected chi connectivity index (χ4v) is 4.33. The van der Waals surface area contributed by atoms with E-state index < -0.39 is 0 Å². The Morgan fingerprint density at radius 1 is 0.921 bits per heavy atom. The summed E-state index contributed by atoms with van der Waals surface area (Å²) >= 11 is 0. The highest BCUT2D eigenvalue weighted by atomic mass is 16.5. The first-order valence-electron chi connectivity index (χ1n) is 12.2. The number of aromatic amines is 2. The van der Waals surface area contributed by atoms with Crippen LogP contribution in [0.2, 0.25) is 0 Å². The van der Waals surface area contributed by atoms with Crippen molar-refractivity contribution in [2.24, 2.45) is 5.92 Å². The minimum atomic E-state index is -0.130. The molecule has 2 aromatic carbocycles. The second-order valence-electron chi connectivity index (χ2n) is 9.29. The van der Waals surface area contributed by atoms with E-state index in [1.165, 1.54) is 0 Å². The first-order valence-corrected chi connectivity index (χ1v) is 12.2. The average Bonchev–Trinajstić information content (AvgIpc) is 3.56. The minimum absolute atomic E-state index is 0.0670. The van der Waals surface area contributed by atoms with Crippen molar-refractivity contribution in [1.29, 1.82) is 0 Å². The molecule has 9 nitrogen and oxygen atoms in total. The molecular weight excluding hydrogens is 478 g/mol. The topological polar surface area (TPSA) is 121 Å². The number of methoxy groups -OCH3 is 1. The van der Waals surface area contributed by atoms with Crippen molar-refractivity contribution in [3.05, 3.63) is 73.1 Å². The first kappa shape index (κ1) is 23.4. The number of aromatic nitrogens is 6. The van der Waals surface area contributed by atoms with Gasteiger partial charge in [0.1, 0.15) is 11.3 Å². The lowest BCUT2D eigenvalue weighted by Gasteiger charge is -2.08. The fraction of sp³-hybridized carbons (Fsp3) is 0.138. The van der Waals surface area contributed by atoms with E-state index in [9.17, 15) is 4.79 Å². The van der Waals surface area contributed by atoms with Crippen LogP contribution in [0.5, 0.6) is 5.75 Å². The van der Waals surface area contributed by atoms with Crippen molar-refractivity contribution in [1.82, 2.24) is 30.1 Å². The molecule has 0 fully saturated rings. The third kappa shape index (κ3) is 4.24. The molecule has 0 bridgehead atoms. The zero-order valence-electron chi connectivity index (χ0n) is 21.1. The van der Waals surface area contributed by atoms with Crippen LogP contribution in [0.3, 0.4) is 0 Å². The highest BCUT2D eigenvalue weighted by Gasteiger charge is 2.17. The van der Waals surface area contributed by atoms with Gasteiger partial charge in [0.15, 0.2) is 11.5 Å². The van der Waals surface area contributed by atoms with Crippen molar-refractivity contribution < 1.29 is 9.53 Å². The molecule has 0 aliphatic heterocycles. The van der Waals surface area contributed by atoms with E-state index in [-0.39, 0.29) is 11.8 Å². The summed E-state index contributed by atoms with van der Waals surface area (Å²) in [5.41, 5.74) is 7.93. The van der Waals surface area contributed by atoms with E-state index in [2.05, 4.69) is 25.5 Å². The van der Waals surface area contributed by atoms with Crippen molar-refractivity contribution in [3.63, 3.8) is 0 Å². The lowest BCUT2D eigenvalue weighted by atomic mass is 10.0. The number of benzene rings is 2. The molecule has 0 radical (unpaired) electrons. The van der Waals surface area contributed by atoms with Crippen LogP contribution >= 0.6 is 0 Å². The van der Waals surface area contributed by atoms with E-state index in [0.717, 1.165) is 39.0 Å². The number of para-hydroxylation sites is 1. The number of ether oxygens (including phenoxy) is 1. The molecule has 0 saturated heterocycles. The molecule has 0 aliphatic carbocycles. The van der Waals surface area contributed by atoms with Gasteiger partial charge in [-0.1, -0.05) is 38.1 Å². The Morgan fingerprint density at radius 3 is 2.63 bits per heavy atom. The van der Waals surface area contributed by atoms with Gasteiger partial charge in [0.05, 0.1) is 41.2 Å². The first-order chi connectivity index (χ1) is 18.5. The van der Waals surface area contributed by atoms with E-state index in [1.54, 1.807) is 19.5 Å². The maximum absolute atomic E-state index is 12.1. The van der Waals surface area contributed by atoms with Gasteiger partial charge in [0.2, 0.25) is 5.91 Å². The summed E-state index contributed by atoms with van der Waals surface area (Å²) in [7, 11) is 1.66. The third-order valence-corrected chi connectivity index (χ3v) is 6.35. The molecule has 0 saturated carbocycles. The standard InChI is InChI=1S/C29H25N7O2/c1-16(2)29(37)31-19-12-18(14-30-15-19)22-10-11-24-26(32-22)27(36-35-24)28-33-23-9-5-8-21(25(23)34-28)17-6-4-7-20(13-17)38-3/h4-16H,1-3H3,(H,31,37)(H,33,34)(H,35,36). The number of anilines is 1. The maximum atomic E-state index is 12.1. The maximum Gasteiger partial charge on any atom is 0.226 e. The Labute approximate surface area is 218 Å². The summed E-state index contributed by atoms with van der Waals surface area (Å²) in [6.07, 6.45) is 3.35. The van der Waals surface area contributed by atoms with Crippen molar-refractivity contribution >= 4 is 33.7 Å². The number of nitrogens with zero attached hydrogens (tertiary/aromatic N) is 4. The molecule has 6 rings (SSSR count). The zero-order chi connectivity index (χ0) is 26.2. The number of hydrogen-bond acceptors (Lipinski definition) is 6. The van der Waals surface area contributed by atoms with E-state index in [4.69, 9.17) is 14.7 Å². The molecule has 9 heteroatoms. The molecule has 38 heavy (non-hydrogen) atoms. The van der Waals surface area contributed by atoms with Crippen LogP contribution < -0.4 is 10.1 Å². The van der Waals surface area contributed by atoms with Gasteiger partial charge >= 0.3 is 0 Å². The zero-order valence-corrected chi connectivity index (χ0v) is 21.1. The van der Waals surface area contributed by atoms with Gasteiger partial charge in [0, 0.05) is 23.2 Å². The van der Waals surface area contributed by atoms with Gasteiger partial charge in [-0.05, 0) is 42.0 Å². The molecule has 0 atom stereocenters. The minimum Gasteiger partial charge on any atom is -0.497 e. The predicted molar refractivity (Wildman–Crippen MR) is 148 cm³/mol. The number of carbonyl (C=O) groups is 1. The number of imidazole rings is 1. The Morgan fingerprint density at radius 2 is 1.79 bits per heavy atom. The monoisotopic (exact) mass is 503 g/mol. The number of rotatable bonds is 6. The van der Waals surface area contributed by atoms with Crippen LogP contribution in [-0.4, -0.2) is 43.2 Å². The number of carbonyl (C=O) groups excluding carboxylic acids is 1. The molecule has 0 aliphatic rings. The second kappa shape index (κ2) is 9.44. The molecular formula is C29H25N7O2. The van der Waals surface area contributed by atoms with Crippen LogP contribution in [0.4, 0.5) is 5.69 Å². The summed E-state index contributed by atoms with van der Waals surface area (Å²) in [5.74, 6) is 1.20. The number of pyridine rings is 2. The van der Waals surface area contributed by atoms with Crippen LogP contribution in [0.25, 0.3) is 56.0 Å². The molecule has 4 aromatic heterocycles. The number of amides is 1. The molecule has 188 valence electrons. The van der Waals surface area contributed by atoms with Crippen molar-refractivity contribution in [2.45, 2.75) is 13.8 Å². The average molecular weight is 504 g/mol. The van der Waals surface area contributed by atoms with Crippen LogP contribution in [0, 0.1) is 5.92 Å². The SMILES string of the molecule is COc1cccc(-c2cccc3[nH]c(-c4n[nH]c5ccc(-c6cncc(NC(=O)C(C)C)c6)nc45)nc23)c1. The Balaban J connectivity index is 1.41. The smallest absolute Gasteiger partial charge is 0.226 e. The Bertz CT molecular complexity index is 1800. The highest BCUT2D eigenvalue weighted by molar-refractivity contribution is 5.97. The van der Waals surface area contributed by atoms with E-state index in [0.29, 0.717) is 28.4 Å². The number of fused-ring (bicyclic) bond motifs is 2. The third-order valence-electron chi connectivity index (χ3n) is 6.35. The predicted octanol–water partition coefficient (Wildman–Crippen LogP) is 5.83. The Kier molecular flexibility index (Phi) is 5.80. The van der Waals surface area contributed by atoms with Gasteiger partial charge in [-0.25, -0.2) is 9.97 Å². The molecule has 1 amide bonds. The van der Waals surface area contributed by atoms with Gasteiger partial charge in [-0.2, -0.15) is 5.10 Å². The van der Waals surface area contributed by atoms with Gasteiger partial charge in [-0.15, -0.1) is 0 Å². The van der Waals surface area contributed by atoms with Crippen LogP contribution in [-0.2, 0) is 4.79 Å². The normalized spacial score (nSPS) is 11.4. The molecule has 3 N–H and O–H groups in total. The molecule has 6 aromatic rings.